The van der Waals surface area contributed by atoms with Crippen molar-refractivity contribution in [3.8, 4) is 0 Å². The lowest BCUT2D eigenvalue weighted by molar-refractivity contribution is -0.0375. The number of aliphatic hydroxyl groups is 2. The standard InChI is InChI=1S/C28H29N5O7/c1-4-38-17-40-33(14-21(35)16-34)20-11-12-23(18(3)13-20)29-25-24(19-9-7-6-8-10-19)31-32-15-22(28(37)39-5-2)27(36)30-26(25)32/h4,6-13,15,21,34-35H,1,5,14,16-17H2,2-3H3/b29-25-. The summed E-state index contributed by atoms with van der Waals surface area (Å²) in [6.07, 6.45) is 1.48. The number of anilines is 1. The van der Waals surface area contributed by atoms with Crippen molar-refractivity contribution in [2.24, 2.45) is 10.1 Å². The zero-order chi connectivity index (χ0) is 28.6. The van der Waals surface area contributed by atoms with Gasteiger partial charge in [-0.2, -0.15) is 10.1 Å². The fourth-order valence-corrected chi connectivity index (χ4v) is 3.85. The van der Waals surface area contributed by atoms with Gasteiger partial charge in [-0.05, 0) is 37.6 Å². The zero-order valence-corrected chi connectivity index (χ0v) is 22.1. The van der Waals surface area contributed by atoms with Crippen LogP contribution in [0.15, 0.2) is 82.5 Å². The molecule has 0 fully saturated rings. The minimum atomic E-state index is -1.05. The third-order valence-electron chi connectivity index (χ3n) is 5.78. The highest BCUT2D eigenvalue weighted by atomic mass is 16.8. The van der Waals surface area contributed by atoms with E-state index in [1.807, 2.05) is 37.3 Å². The Balaban J connectivity index is 1.76. The summed E-state index contributed by atoms with van der Waals surface area (Å²) in [7, 11) is 0. The van der Waals surface area contributed by atoms with Crippen molar-refractivity contribution in [3.05, 3.63) is 100 Å². The quantitative estimate of drug-likeness (QED) is 0.115. The van der Waals surface area contributed by atoms with Crippen molar-refractivity contribution in [3.63, 3.8) is 0 Å². The van der Waals surface area contributed by atoms with E-state index in [2.05, 4.69) is 16.7 Å². The van der Waals surface area contributed by atoms with Gasteiger partial charge in [0.15, 0.2) is 5.82 Å². The molecule has 1 aliphatic heterocycles. The molecule has 208 valence electrons. The lowest BCUT2D eigenvalue weighted by Gasteiger charge is -2.25. The number of aryl methyl sites for hydroxylation is 1. The molecule has 0 saturated heterocycles. The molecule has 0 amide bonds. The third kappa shape index (κ3) is 6.31. The summed E-state index contributed by atoms with van der Waals surface area (Å²) in [5, 5.41) is 25.2. The Morgan fingerprint density at radius 2 is 2.02 bits per heavy atom. The second-order valence-corrected chi connectivity index (χ2v) is 8.57. The Hall–Kier alpha value is -4.65. The van der Waals surface area contributed by atoms with E-state index in [1.165, 1.54) is 22.2 Å². The van der Waals surface area contributed by atoms with Gasteiger partial charge in [-0.15, -0.1) is 0 Å². The average molecular weight is 548 g/mol. The van der Waals surface area contributed by atoms with Crippen LogP contribution in [0.25, 0.3) is 0 Å². The minimum Gasteiger partial charge on any atom is -0.474 e. The Morgan fingerprint density at radius 1 is 1.25 bits per heavy atom. The number of hydrogen-bond donors (Lipinski definition) is 2. The molecule has 0 saturated carbocycles. The number of aliphatic hydroxyl groups excluding tert-OH is 2. The molecule has 2 aromatic carbocycles. The Bertz CT molecular complexity index is 1500. The maximum Gasteiger partial charge on any atom is 0.345 e. The Labute approximate surface area is 230 Å². The first kappa shape index (κ1) is 28.4. The molecule has 40 heavy (non-hydrogen) atoms. The van der Waals surface area contributed by atoms with Crippen LogP contribution < -0.4 is 10.6 Å². The number of hydroxylamine groups is 1. The molecule has 2 N–H and O–H groups in total. The van der Waals surface area contributed by atoms with Crippen molar-refractivity contribution in [2.45, 2.75) is 20.0 Å². The topological polar surface area (TPSA) is 148 Å². The van der Waals surface area contributed by atoms with Gasteiger partial charge < -0.3 is 19.7 Å². The van der Waals surface area contributed by atoms with Gasteiger partial charge in [0.25, 0.3) is 5.56 Å². The predicted molar refractivity (Wildman–Crippen MR) is 148 cm³/mol. The highest BCUT2D eigenvalue weighted by Crippen LogP contribution is 2.28. The maximum atomic E-state index is 12.7. The van der Waals surface area contributed by atoms with Crippen LogP contribution in [-0.4, -0.2) is 69.9 Å². The first-order valence-corrected chi connectivity index (χ1v) is 12.4. The second-order valence-electron chi connectivity index (χ2n) is 8.57. The number of aromatic nitrogens is 2. The molecule has 2 heterocycles. The number of ether oxygens (including phenoxy) is 2. The lowest BCUT2D eigenvalue weighted by Crippen LogP contribution is -2.35. The number of nitrogens with zero attached hydrogens (tertiary/aromatic N) is 5. The largest absolute Gasteiger partial charge is 0.474 e. The van der Waals surface area contributed by atoms with Crippen LogP contribution in [0.3, 0.4) is 0 Å². The number of aliphatic imine (C=N–C) groups is 1. The van der Waals surface area contributed by atoms with Crippen LogP contribution in [0, 0.1) is 6.92 Å². The average Bonchev–Trinajstić information content (AvgIpc) is 3.30. The third-order valence-corrected chi connectivity index (χ3v) is 5.78. The van der Waals surface area contributed by atoms with E-state index < -0.39 is 24.2 Å². The highest BCUT2D eigenvalue weighted by molar-refractivity contribution is 6.54. The van der Waals surface area contributed by atoms with E-state index in [4.69, 9.17) is 19.3 Å². The van der Waals surface area contributed by atoms with Crippen LogP contribution in [0.2, 0.25) is 0 Å². The number of rotatable bonds is 12. The van der Waals surface area contributed by atoms with E-state index >= 15 is 0 Å². The van der Waals surface area contributed by atoms with Crippen LogP contribution in [0.4, 0.5) is 11.4 Å². The van der Waals surface area contributed by atoms with Crippen LogP contribution in [0.5, 0.6) is 0 Å². The SMILES string of the molecule is C=COCON(CC(O)CO)c1ccc(/N=C2/C(c3ccccc3)=Nn3cc(C(=O)OCC)c(=O)nc32)c(C)c1. The first-order valence-electron chi connectivity index (χ1n) is 12.4. The number of hydrogen-bond acceptors (Lipinski definition) is 11. The van der Waals surface area contributed by atoms with Gasteiger partial charge >= 0.3 is 5.97 Å². The number of carbonyl (C=O) groups is 1. The molecule has 4 rings (SSSR count). The van der Waals surface area contributed by atoms with Gasteiger partial charge in [-0.3, -0.25) is 4.79 Å². The summed E-state index contributed by atoms with van der Waals surface area (Å²) < 4.78 is 11.4. The fraction of sp³-hybridized carbons (Fsp3) is 0.250. The molecule has 12 heteroatoms. The normalized spacial score (nSPS) is 13.9. The Morgan fingerprint density at radius 3 is 2.70 bits per heavy atom. The molecule has 0 bridgehead atoms. The molecular formula is C28H29N5O7. The molecule has 1 unspecified atom stereocenters. The number of fused-ring (bicyclic) bond motifs is 1. The van der Waals surface area contributed by atoms with E-state index in [0.29, 0.717) is 22.8 Å². The predicted octanol–water partition coefficient (Wildman–Crippen LogP) is 2.32. The summed E-state index contributed by atoms with van der Waals surface area (Å²) in [4.78, 5) is 39.5. The van der Waals surface area contributed by atoms with Crippen LogP contribution in [0.1, 0.15) is 34.2 Å². The fourth-order valence-electron chi connectivity index (χ4n) is 3.85. The Kier molecular flexibility index (Phi) is 9.17. The summed E-state index contributed by atoms with van der Waals surface area (Å²) in [6.45, 7) is 6.46. The first-order chi connectivity index (χ1) is 19.4. The van der Waals surface area contributed by atoms with Gasteiger partial charge in [-0.1, -0.05) is 36.9 Å². The van der Waals surface area contributed by atoms with E-state index in [0.717, 1.165) is 11.1 Å². The van der Waals surface area contributed by atoms with Crippen molar-refractivity contribution in [2.75, 3.05) is 31.6 Å². The minimum absolute atomic E-state index is 0.0157. The molecule has 1 atom stereocenters. The number of carbonyl (C=O) groups excluding carboxylic acids is 1. The molecule has 0 radical (unpaired) electrons. The molecule has 0 spiro atoms. The van der Waals surface area contributed by atoms with Crippen LogP contribution in [-0.2, 0) is 14.3 Å². The van der Waals surface area contributed by atoms with E-state index in [-0.39, 0.29) is 31.3 Å². The van der Waals surface area contributed by atoms with Gasteiger partial charge in [0.05, 0.1) is 49.7 Å². The number of esters is 1. The van der Waals surface area contributed by atoms with Crippen molar-refractivity contribution in [1.29, 1.82) is 0 Å². The highest BCUT2D eigenvalue weighted by Gasteiger charge is 2.28. The van der Waals surface area contributed by atoms with Crippen molar-refractivity contribution in [1.82, 2.24) is 9.66 Å². The molecule has 1 aliphatic rings. The van der Waals surface area contributed by atoms with Gasteiger partial charge in [0, 0.05) is 5.56 Å². The van der Waals surface area contributed by atoms with Crippen molar-refractivity contribution < 1.29 is 29.3 Å². The van der Waals surface area contributed by atoms with Gasteiger partial charge in [-0.25, -0.2) is 24.4 Å². The zero-order valence-electron chi connectivity index (χ0n) is 22.1. The molecule has 12 nitrogen and oxygen atoms in total. The molecule has 1 aromatic heterocycles. The van der Waals surface area contributed by atoms with Crippen LogP contribution >= 0.6 is 0 Å². The summed E-state index contributed by atoms with van der Waals surface area (Å²) >= 11 is 0. The maximum absolute atomic E-state index is 12.7. The summed E-state index contributed by atoms with van der Waals surface area (Å²) in [5.41, 5.74) is 2.46. The van der Waals surface area contributed by atoms with E-state index in [9.17, 15) is 19.8 Å². The molecule has 3 aromatic rings. The smallest absolute Gasteiger partial charge is 0.345 e. The number of benzene rings is 2. The summed E-state index contributed by atoms with van der Waals surface area (Å²) in [5.74, 6) is -0.599. The van der Waals surface area contributed by atoms with Crippen molar-refractivity contribution >= 4 is 28.8 Å². The molecule has 0 aliphatic carbocycles. The van der Waals surface area contributed by atoms with Gasteiger partial charge in [0.2, 0.25) is 6.79 Å². The lowest BCUT2D eigenvalue weighted by atomic mass is 10.1. The van der Waals surface area contributed by atoms with E-state index in [1.54, 1.807) is 25.1 Å². The second kappa shape index (κ2) is 12.9. The monoisotopic (exact) mass is 547 g/mol. The molecular weight excluding hydrogens is 518 g/mol. The summed E-state index contributed by atoms with van der Waals surface area (Å²) in [6, 6.07) is 14.5. The van der Waals surface area contributed by atoms with Gasteiger partial charge in [0.1, 0.15) is 17.0 Å².